The van der Waals surface area contributed by atoms with Crippen molar-refractivity contribution in [1.82, 2.24) is 4.90 Å². The summed E-state index contributed by atoms with van der Waals surface area (Å²) < 4.78 is 5.18. The number of carbonyl (C=O) groups is 1. The molecule has 0 saturated carbocycles. The Morgan fingerprint density at radius 3 is 2.53 bits per heavy atom. The normalized spacial score (nSPS) is 11.8. The van der Waals surface area contributed by atoms with Gasteiger partial charge in [-0.2, -0.15) is 0 Å². The summed E-state index contributed by atoms with van der Waals surface area (Å²) in [5.41, 5.74) is 6.37. The molecule has 0 spiro atoms. The SMILES string of the molecule is CC(OC(=O)c1ccc(Cl)c(N)c1)N(C)C.Cl. The van der Waals surface area contributed by atoms with Crippen LogP contribution in [0.4, 0.5) is 5.69 Å². The molecule has 6 heteroatoms. The second kappa shape index (κ2) is 6.69. The van der Waals surface area contributed by atoms with Crippen LogP contribution < -0.4 is 5.73 Å². The Morgan fingerprint density at radius 1 is 1.47 bits per heavy atom. The average Bonchev–Trinajstić information content (AvgIpc) is 2.21. The smallest absolute Gasteiger partial charge is 0.339 e. The Balaban J connectivity index is 0.00000256. The molecule has 1 rings (SSSR count). The van der Waals surface area contributed by atoms with Gasteiger partial charge in [0.25, 0.3) is 0 Å². The molecule has 0 saturated heterocycles. The molecule has 1 aromatic rings. The third-order valence-electron chi connectivity index (χ3n) is 2.24. The number of ether oxygens (including phenoxy) is 1. The fourth-order valence-corrected chi connectivity index (χ4v) is 1.12. The van der Waals surface area contributed by atoms with Gasteiger partial charge in [0.15, 0.2) is 6.23 Å². The first-order valence-corrected chi connectivity index (χ1v) is 5.22. The van der Waals surface area contributed by atoms with E-state index in [4.69, 9.17) is 22.1 Å². The molecule has 4 nitrogen and oxygen atoms in total. The van der Waals surface area contributed by atoms with Crippen LogP contribution in [0.25, 0.3) is 0 Å². The first-order valence-electron chi connectivity index (χ1n) is 4.84. The van der Waals surface area contributed by atoms with E-state index in [-0.39, 0.29) is 18.6 Å². The molecule has 0 amide bonds. The number of carbonyl (C=O) groups excluding carboxylic acids is 1. The van der Waals surface area contributed by atoms with Crippen molar-refractivity contribution < 1.29 is 9.53 Å². The summed E-state index contributed by atoms with van der Waals surface area (Å²) in [5.74, 6) is -0.412. The number of halogens is 2. The number of benzene rings is 1. The van der Waals surface area contributed by atoms with Crippen molar-refractivity contribution in [2.45, 2.75) is 13.2 Å². The maximum Gasteiger partial charge on any atom is 0.339 e. The molecule has 0 heterocycles. The van der Waals surface area contributed by atoms with E-state index in [2.05, 4.69) is 0 Å². The van der Waals surface area contributed by atoms with Crippen molar-refractivity contribution >= 4 is 35.7 Å². The van der Waals surface area contributed by atoms with Gasteiger partial charge in [-0.15, -0.1) is 12.4 Å². The molecule has 1 unspecified atom stereocenters. The monoisotopic (exact) mass is 278 g/mol. The summed E-state index contributed by atoms with van der Waals surface area (Å²) in [4.78, 5) is 13.5. The average molecular weight is 279 g/mol. The first kappa shape index (κ1) is 16.0. The van der Waals surface area contributed by atoms with Crippen molar-refractivity contribution in [1.29, 1.82) is 0 Å². The highest BCUT2D eigenvalue weighted by molar-refractivity contribution is 6.33. The van der Waals surface area contributed by atoms with Crippen LogP contribution in [0, 0.1) is 0 Å². The fraction of sp³-hybridized carbons (Fsp3) is 0.364. The van der Waals surface area contributed by atoms with Crippen LogP contribution in [0.3, 0.4) is 0 Å². The Labute approximate surface area is 112 Å². The number of esters is 1. The van der Waals surface area contributed by atoms with Gasteiger partial charge in [-0.1, -0.05) is 11.6 Å². The summed E-state index contributed by atoms with van der Waals surface area (Å²) in [6.07, 6.45) is -0.288. The Hall–Kier alpha value is -0.970. The molecule has 17 heavy (non-hydrogen) atoms. The molecule has 0 aliphatic carbocycles. The van der Waals surface area contributed by atoms with Gasteiger partial charge in [-0.3, -0.25) is 4.90 Å². The van der Waals surface area contributed by atoms with Gasteiger partial charge in [0.1, 0.15) is 0 Å². The zero-order valence-electron chi connectivity index (χ0n) is 9.94. The van der Waals surface area contributed by atoms with Gasteiger partial charge < -0.3 is 10.5 Å². The second-order valence-corrected chi connectivity index (χ2v) is 4.11. The van der Waals surface area contributed by atoms with E-state index in [1.807, 2.05) is 14.1 Å². The van der Waals surface area contributed by atoms with Gasteiger partial charge in [0, 0.05) is 0 Å². The van der Waals surface area contributed by atoms with Gasteiger partial charge in [-0.25, -0.2) is 4.79 Å². The number of hydrogen-bond acceptors (Lipinski definition) is 4. The molecule has 0 radical (unpaired) electrons. The van der Waals surface area contributed by atoms with Gasteiger partial charge in [0.2, 0.25) is 0 Å². The van der Waals surface area contributed by atoms with Crippen molar-refractivity contribution in [3.63, 3.8) is 0 Å². The van der Waals surface area contributed by atoms with Crippen LogP contribution in [0.1, 0.15) is 17.3 Å². The third-order valence-corrected chi connectivity index (χ3v) is 2.58. The number of nitrogen functional groups attached to an aromatic ring is 1. The lowest BCUT2D eigenvalue weighted by Crippen LogP contribution is -2.29. The molecule has 96 valence electrons. The van der Waals surface area contributed by atoms with E-state index in [0.29, 0.717) is 16.3 Å². The van der Waals surface area contributed by atoms with Gasteiger partial charge >= 0.3 is 5.97 Å². The summed E-state index contributed by atoms with van der Waals surface area (Å²) in [6.45, 7) is 1.79. The van der Waals surface area contributed by atoms with Crippen molar-refractivity contribution in [3.05, 3.63) is 28.8 Å². The zero-order chi connectivity index (χ0) is 12.3. The predicted octanol–water partition coefficient (Wildman–Crippen LogP) is 2.41. The summed E-state index contributed by atoms with van der Waals surface area (Å²) in [5, 5.41) is 0.428. The minimum Gasteiger partial charge on any atom is -0.443 e. The summed E-state index contributed by atoms with van der Waals surface area (Å²) in [6, 6.07) is 4.67. The van der Waals surface area contributed by atoms with E-state index < -0.39 is 5.97 Å². The van der Waals surface area contributed by atoms with E-state index >= 15 is 0 Å². The van der Waals surface area contributed by atoms with Crippen LogP contribution in [0.15, 0.2) is 18.2 Å². The standard InChI is InChI=1S/C11H15ClN2O2.ClH/c1-7(14(2)3)16-11(15)8-4-5-9(12)10(13)6-8;/h4-7H,13H2,1-3H3;1H. The molecule has 0 bridgehead atoms. The summed E-state index contributed by atoms with van der Waals surface area (Å²) in [7, 11) is 3.66. The third kappa shape index (κ3) is 4.42. The maximum atomic E-state index is 11.7. The largest absolute Gasteiger partial charge is 0.443 e. The molecule has 1 atom stereocenters. The molecule has 0 aromatic heterocycles. The van der Waals surface area contributed by atoms with Crippen molar-refractivity contribution in [3.8, 4) is 0 Å². The predicted molar refractivity (Wildman–Crippen MR) is 71.7 cm³/mol. The minimum absolute atomic E-state index is 0. The molecular formula is C11H16Cl2N2O2. The lowest BCUT2D eigenvalue weighted by atomic mass is 10.2. The topological polar surface area (TPSA) is 55.6 Å². The van der Waals surface area contributed by atoms with E-state index in [9.17, 15) is 4.79 Å². The Bertz CT molecular complexity index is 397. The van der Waals surface area contributed by atoms with Gasteiger partial charge in [0.05, 0.1) is 16.3 Å². The number of nitrogens with two attached hydrogens (primary N) is 1. The van der Waals surface area contributed by atoms with Crippen LogP contribution in [0.5, 0.6) is 0 Å². The van der Waals surface area contributed by atoms with E-state index in [1.165, 1.54) is 6.07 Å². The lowest BCUT2D eigenvalue weighted by molar-refractivity contribution is -0.00546. The van der Waals surface area contributed by atoms with Crippen molar-refractivity contribution in [2.75, 3.05) is 19.8 Å². The molecular weight excluding hydrogens is 263 g/mol. The maximum absolute atomic E-state index is 11.7. The molecule has 0 aliphatic heterocycles. The van der Waals surface area contributed by atoms with Crippen molar-refractivity contribution in [2.24, 2.45) is 0 Å². The minimum atomic E-state index is -0.412. The zero-order valence-corrected chi connectivity index (χ0v) is 11.5. The molecule has 1 aromatic carbocycles. The van der Waals surface area contributed by atoms with Crippen LogP contribution in [0.2, 0.25) is 5.02 Å². The number of rotatable bonds is 3. The Kier molecular flexibility index (Phi) is 6.31. The fourth-order valence-electron chi connectivity index (χ4n) is 0.999. The lowest BCUT2D eigenvalue weighted by Gasteiger charge is -2.19. The van der Waals surface area contributed by atoms with Crippen LogP contribution >= 0.6 is 24.0 Å². The number of nitrogens with zero attached hydrogens (tertiary/aromatic N) is 1. The number of anilines is 1. The molecule has 0 aliphatic rings. The highest BCUT2D eigenvalue weighted by Gasteiger charge is 2.14. The highest BCUT2D eigenvalue weighted by Crippen LogP contribution is 2.20. The quantitative estimate of drug-likeness (QED) is 0.524. The Morgan fingerprint density at radius 2 is 2.06 bits per heavy atom. The summed E-state index contributed by atoms with van der Waals surface area (Å²) >= 11 is 5.76. The van der Waals surface area contributed by atoms with Gasteiger partial charge in [-0.05, 0) is 39.2 Å². The van der Waals surface area contributed by atoms with E-state index in [1.54, 1.807) is 24.0 Å². The highest BCUT2D eigenvalue weighted by atomic mass is 35.5. The van der Waals surface area contributed by atoms with Crippen LogP contribution in [-0.2, 0) is 4.74 Å². The molecule has 2 N–H and O–H groups in total. The number of hydrogen-bond donors (Lipinski definition) is 1. The molecule has 0 fully saturated rings. The first-order chi connectivity index (χ1) is 7.41. The second-order valence-electron chi connectivity index (χ2n) is 3.70. The van der Waals surface area contributed by atoms with E-state index in [0.717, 1.165) is 0 Å². The van der Waals surface area contributed by atoms with Crippen LogP contribution in [-0.4, -0.2) is 31.2 Å².